The molecule has 23 heteroatoms. The summed E-state index contributed by atoms with van der Waals surface area (Å²) in [4.78, 5) is 78.1. The number of carbonyl (C=O) groups is 6. The summed E-state index contributed by atoms with van der Waals surface area (Å²) >= 11 is 0. The van der Waals surface area contributed by atoms with Crippen molar-refractivity contribution in [2.24, 2.45) is 17.8 Å². The maximum absolute atomic E-state index is 17.6. The number of aliphatic carboxylic acids is 1. The van der Waals surface area contributed by atoms with Crippen LogP contribution in [0.15, 0.2) is 212 Å². The highest BCUT2D eigenvalue weighted by atomic mass is 19.3. The number of hydrogen-bond donors (Lipinski definition) is 4. The van der Waals surface area contributed by atoms with Crippen molar-refractivity contribution in [3.8, 4) is 0 Å². The Bertz CT molecular complexity index is 3880. The number of carboxylic acids is 1. The van der Waals surface area contributed by atoms with Gasteiger partial charge in [0.1, 0.15) is 44.1 Å². The van der Waals surface area contributed by atoms with E-state index in [0.29, 0.717) is 24.0 Å². The van der Waals surface area contributed by atoms with E-state index in [9.17, 15) is 33.9 Å². The van der Waals surface area contributed by atoms with E-state index in [2.05, 4.69) is 16.0 Å². The van der Waals surface area contributed by atoms with Crippen molar-refractivity contribution in [1.29, 1.82) is 0 Å². The lowest BCUT2D eigenvalue weighted by Gasteiger charge is -2.54. The standard InChI is InChI=1S/C49H58F2N2O9.C35H41F2NO7.CH4/c1-6-42-34(3)43(58-29-36-19-11-7-12-20-36)44(59-30-37-21-13-8-14-22-37)48(5,62-42)49(50,51)28-40(53-47(57)61-32-39-25-17-10-18-26-39)41(54)27-33(2)45(55)52-35(4)46(56)60-31-38-23-15-9-16-24-38;1-4-29-24(2)30(42-21-25-14-8-5-9-15-25)31(43-22-26-16-10-6-11-17-26)34(3,45-29)35(36,37)20-28(32(39)40)38-33(41)44-23-27-18-12-7-13-19-27;/h7-26,33-35,40,42-44H,6,27-32H2,1-5H3,(H,52,55)(H,53,57);5-19,24,28-31H,4,20-23H2,1-3H3,(H,38,41)(H,39,40);1H4/t33-,34+,35+,40?,42-,43+,44-,48-;24-,28?,29+,30-,31+,34+;/m10./s1. The van der Waals surface area contributed by atoms with Crippen molar-refractivity contribution in [1.82, 2.24) is 16.0 Å². The zero-order valence-electron chi connectivity index (χ0n) is 61.7. The number of esters is 1. The zero-order chi connectivity index (χ0) is 77.2. The van der Waals surface area contributed by atoms with Crippen LogP contribution in [0.5, 0.6) is 0 Å². The second kappa shape index (κ2) is 41.3. The Kier molecular flexibility index (Phi) is 32.8. The first kappa shape index (κ1) is 85.9. The summed E-state index contributed by atoms with van der Waals surface area (Å²) in [6.07, 6.45) is -10.2. The molecule has 19 nitrogen and oxygen atoms in total. The second-order valence-electron chi connectivity index (χ2n) is 27.6. The number of ketones is 1. The van der Waals surface area contributed by atoms with Crippen LogP contribution < -0.4 is 16.0 Å². The minimum Gasteiger partial charge on any atom is -0.480 e. The lowest BCUT2D eigenvalue weighted by molar-refractivity contribution is -0.332. The van der Waals surface area contributed by atoms with Crippen LogP contribution in [0.3, 0.4) is 0 Å². The minimum atomic E-state index is -3.86. The van der Waals surface area contributed by atoms with E-state index in [1.165, 1.54) is 27.7 Å². The molecular weight excluding hydrogens is 1390 g/mol. The molecule has 0 spiro atoms. The number of hydrogen-bond acceptors (Lipinski definition) is 15. The Balaban J connectivity index is 0.000000313. The Morgan fingerprint density at radius 1 is 0.444 bits per heavy atom. The van der Waals surface area contributed by atoms with Gasteiger partial charge in [0.15, 0.2) is 17.0 Å². The van der Waals surface area contributed by atoms with E-state index < -0.39 is 139 Å². The van der Waals surface area contributed by atoms with Crippen molar-refractivity contribution in [2.45, 2.75) is 219 Å². The molecule has 2 fully saturated rings. The van der Waals surface area contributed by atoms with E-state index >= 15 is 17.6 Å². The highest BCUT2D eigenvalue weighted by Crippen LogP contribution is 2.50. The number of rotatable bonds is 35. The van der Waals surface area contributed by atoms with Gasteiger partial charge < -0.3 is 63.7 Å². The van der Waals surface area contributed by atoms with Crippen molar-refractivity contribution < 1.29 is 94.1 Å². The molecule has 582 valence electrons. The third-order valence-corrected chi connectivity index (χ3v) is 19.6. The molecular formula is C85H103F4N3O16. The number of alkyl carbamates (subject to hydrolysis) is 2. The van der Waals surface area contributed by atoms with Crippen LogP contribution in [0, 0.1) is 17.8 Å². The summed E-state index contributed by atoms with van der Waals surface area (Å²) < 4.78 is 122. The van der Waals surface area contributed by atoms with Gasteiger partial charge in [-0.3, -0.25) is 9.59 Å². The number of halogens is 4. The van der Waals surface area contributed by atoms with Gasteiger partial charge >= 0.3 is 24.1 Å². The molecule has 9 rings (SSSR count). The Hall–Kier alpha value is -9.36. The maximum atomic E-state index is 17.6. The molecule has 108 heavy (non-hydrogen) atoms. The number of carboxylic acid groups (broad SMARTS) is 1. The molecule has 14 atom stereocenters. The Labute approximate surface area is 631 Å². The number of ether oxygens (including phenoxy) is 9. The number of Topliss-reactive ketones (excluding diaryl/α,β-unsaturated/α-hetero) is 1. The van der Waals surface area contributed by atoms with E-state index in [0.717, 1.165) is 27.8 Å². The normalized spacial score (nSPS) is 22.3. The van der Waals surface area contributed by atoms with Crippen LogP contribution in [0.1, 0.15) is 134 Å². The van der Waals surface area contributed by atoms with Gasteiger partial charge in [-0.25, -0.2) is 36.7 Å². The lowest BCUT2D eigenvalue weighted by Crippen LogP contribution is -2.69. The molecule has 2 aliphatic rings. The van der Waals surface area contributed by atoms with Crippen molar-refractivity contribution in [2.75, 3.05) is 0 Å². The summed E-state index contributed by atoms with van der Waals surface area (Å²) in [6, 6.07) is 58.6. The average molecular weight is 1500 g/mol. The summed E-state index contributed by atoms with van der Waals surface area (Å²) in [7, 11) is 0. The van der Waals surface area contributed by atoms with E-state index in [1.54, 1.807) is 84.9 Å². The Morgan fingerprint density at radius 2 is 0.731 bits per heavy atom. The smallest absolute Gasteiger partial charge is 0.408 e. The van der Waals surface area contributed by atoms with Gasteiger partial charge in [0.2, 0.25) is 5.91 Å². The fraction of sp³-hybridized carbons (Fsp3) is 0.435. The van der Waals surface area contributed by atoms with Crippen molar-refractivity contribution in [3.63, 3.8) is 0 Å². The van der Waals surface area contributed by atoms with Crippen LogP contribution in [0.4, 0.5) is 27.2 Å². The fourth-order valence-electron chi connectivity index (χ4n) is 13.1. The average Bonchev–Trinajstić information content (AvgIpc) is 0.741. The number of amides is 3. The molecule has 0 aromatic heterocycles. The highest BCUT2D eigenvalue weighted by Gasteiger charge is 2.66. The maximum Gasteiger partial charge on any atom is 0.408 e. The molecule has 3 amide bonds. The van der Waals surface area contributed by atoms with Crippen molar-refractivity contribution in [3.05, 3.63) is 251 Å². The predicted molar refractivity (Wildman–Crippen MR) is 399 cm³/mol. The minimum absolute atomic E-state index is 0. The largest absolute Gasteiger partial charge is 0.480 e. The summed E-state index contributed by atoms with van der Waals surface area (Å²) in [6.45, 7) is 12.7. The summed E-state index contributed by atoms with van der Waals surface area (Å²) in [5.74, 6) is -13.3. The van der Waals surface area contributed by atoms with Crippen LogP contribution in [0.2, 0.25) is 0 Å². The molecule has 2 heterocycles. The van der Waals surface area contributed by atoms with Crippen LogP contribution >= 0.6 is 0 Å². The quantitative estimate of drug-likeness (QED) is 0.0164. The van der Waals surface area contributed by atoms with E-state index in [1.807, 2.05) is 155 Å². The van der Waals surface area contributed by atoms with Crippen LogP contribution in [0.25, 0.3) is 0 Å². The number of alkyl halides is 4. The predicted octanol–water partition coefficient (Wildman–Crippen LogP) is 15.9. The lowest BCUT2D eigenvalue weighted by atomic mass is 9.75. The van der Waals surface area contributed by atoms with Gasteiger partial charge in [0.25, 0.3) is 11.8 Å². The Morgan fingerprint density at radius 3 is 1.05 bits per heavy atom. The first-order valence-corrected chi connectivity index (χ1v) is 36.2. The van der Waals surface area contributed by atoms with Crippen molar-refractivity contribution >= 4 is 35.8 Å². The number of carbonyl (C=O) groups excluding carboxylic acids is 5. The highest BCUT2D eigenvalue weighted by molar-refractivity contribution is 5.92. The molecule has 7 aromatic carbocycles. The molecule has 4 N–H and O–H groups in total. The van der Waals surface area contributed by atoms with E-state index in [-0.39, 0.29) is 65.5 Å². The van der Waals surface area contributed by atoms with Crippen LogP contribution in [-0.4, -0.2) is 119 Å². The molecule has 0 bridgehead atoms. The third-order valence-electron chi connectivity index (χ3n) is 19.6. The monoisotopic (exact) mass is 1500 g/mol. The zero-order valence-corrected chi connectivity index (χ0v) is 61.7. The molecule has 2 unspecified atom stereocenters. The third kappa shape index (κ3) is 24.1. The van der Waals surface area contributed by atoms with Crippen LogP contribution in [-0.2, 0) is 108 Å². The fourth-order valence-corrected chi connectivity index (χ4v) is 13.1. The van der Waals surface area contributed by atoms with Gasteiger partial charge in [-0.1, -0.05) is 254 Å². The summed E-state index contributed by atoms with van der Waals surface area (Å²) in [5.41, 5.74) is 0.565. The van der Waals surface area contributed by atoms with Gasteiger partial charge in [-0.05, 0) is 72.6 Å². The molecule has 2 aliphatic heterocycles. The number of benzene rings is 7. The van der Waals surface area contributed by atoms with Gasteiger partial charge in [-0.2, -0.15) is 0 Å². The summed E-state index contributed by atoms with van der Waals surface area (Å²) in [5, 5.41) is 16.9. The first-order chi connectivity index (χ1) is 51.2. The number of nitrogens with one attached hydrogen (secondary N) is 3. The van der Waals surface area contributed by atoms with Gasteiger partial charge in [0.05, 0.1) is 56.9 Å². The molecule has 0 radical (unpaired) electrons. The first-order valence-electron chi connectivity index (χ1n) is 36.2. The van der Waals surface area contributed by atoms with Gasteiger partial charge in [0, 0.05) is 37.0 Å². The second-order valence-corrected chi connectivity index (χ2v) is 27.6. The topological polar surface area (TPSA) is 242 Å². The molecule has 2 saturated heterocycles. The molecule has 7 aromatic rings. The SMILES string of the molecule is C.CC[C@H]1O[C@@](C)(C(F)(F)CC(NC(=O)OCc2ccccc2)C(=O)C[C@@H](C)C(=O)N[C@@H](C)C(=O)OCc2ccccc2)[C@H](OCc2ccccc2)[C@@H](OCc2ccccc2)[C@H]1C.CC[C@H]1O[C@@](C)(C(F)(F)CC(NC(=O)OCc2ccccc2)C(=O)O)[C@H](OCc2ccccc2)[C@@H](OCc2ccccc2)[C@H]1C. The van der Waals surface area contributed by atoms with E-state index in [4.69, 9.17) is 42.6 Å². The molecule has 0 saturated carbocycles. The molecule has 0 aliphatic carbocycles. The van der Waals surface area contributed by atoms with Gasteiger partial charge in [-0.15, -0.1) is 0 Å².